The van der Waals surface area contributed by atoms with Crippen molar-refractivity contribution >= 4 is 32.1 Å². The number of pyridine rings is 1. The number of halogens is 1. The highest BCUT2D eigenvalue weighted by Crippen LogP contribution is 2.35. The van der Waals surface area contributed by atoms with Crippen LogP contribution in [0.2, 0.25) is 0 Å². The van der Waals surface area contributed by atoms with Crippen LogP contribution in [-0.2, 0) is 15.6 Å². The molecular weight excluding hydrogens is 399 g/mol. The molecule has 0 amide bonds. The summed E-state index contributed by atoms with van der Waals surface area (Å²) in [6, 6.07) is 10.9. The minimum absolute atomic E-state index is 0.151. The summed E-state index contributed by atoms with van der Waals surface area (Å²) in [6.07, 6.45) is 3.18. The van der Waals surface area contributed by atoms with Crippen LogP contribution in [0.4, 0.5) is 4.39 Å². The van der Waals surface area contributed by atoms with E-state index in [1.807, 2.05) is 0 Å². The van der Waals surface area contributed by atoms with Crippen molar-refractivity contribution in [3.63, 3.8) is 0 Å². The molecule has 2 heterocycles. The Balaban J connectivity index is 1.81. The molecule has 0 N–H and O–H groups in total. The summed E-state index contributed by atoms with van der Waals surface area (Å²) in [6.45, 7) is 0. The van der Waals surface area contributed by atoms with Crippen LogP contribution in [0.1, 0.15) is 5.01 Å². The van der Waals surface area contributed by atoms with Crippen LogP contribution in [0.15, 0.2) is 65.1 Å². The first-order valence-corrected chi connectivity index (χ1v) is 10.8. The molecule has 0 fully saturated rings. The first-order chi connectivity index (χ1) is 13.5. The molecule has 8 heteroatoms. The van der Waals surface area contributed by atoms with Gasteiger partial charge in [-0.25, -0.2) is 17.8 Å². The van der Waals surface area contributed by atoms with E-state index in [4.69, 9.17) is 4.74 Å². The zero-order chi connectivity index (χ0) is 19.7. The minimum Gasteiger partial charge on any atom is -0.496 e. The van der Waals surface area contributed by atoms with Gasteiger partial charge < -0.3 is 4.74 Å². The minimum atomic E-state index is -3.54. The highest BCUT2D eigenvalue weighted by Gasteiger charge is 2.19. The van der Waals surface area contributed by atoms with Crippen molar-refractivity contribution in [2.45, 2.75) is 10.6 Å². The lowest BCUT2D eigenvalue weighted by Crippen LogP contribution is -2.05. The van der Waals surface area contributed by atoms with Crippen LogP contribution < -0.4 is 4.74 Å². The number of aromatic nitrogens is 2. The first-order valence-electron chi connectivity index (χ1n) is 8.32. The maximum atomic E-state index is 13.5. The van der Waals surface area contributed by atoms with Crippen LogP contribution in [0.5, 0.6) is 5.75 Å². The van der Waals surface area contributed by atoms with Crippen molar-refractivity contribution < 1.29 is 17.5 Å². The van der Waals surface area contributed by atoms with Crippen molar-refractivity contribution in [1.82, 2.24) is 9.97 Å². The SMILES string of the molecule is COc1cc(F)ccc1-c1ccnc2cc(S(=O)(=O)Cc3nccs3)ccc12. The summed E-state index contributed by atoms with van der Waals surface area (Å²) < 4.78 is 44.3. The molecule has 2 aromatic heterocycles. The molecule has 4 aromatic rings. The van der Waals surface area contributed by atoms with Gasteiger partial charge in [0.15, 0.2) is 9.84 Å². The standard InChI is InChI=1S/C20H15FN2O3S2/c1-26-19-10-13(21)2-4-17(19)15-6-7-22-18-11-14(3-5-16(15)18)28(24,25)12-20-23-8-9-27-20/h2-11H,12H2,1H3. The molecule has 0 saturated carbocycles. The number of fused-ring (bicyclic) bond motifs is 1. The van der Waals surface area contributed by atoms with E-state index in [0.717, 1.165) is 10.9 Å². The average Bonchev–Trinajstić information content (AvgIpc) is 3.19. The van der Waals surface area contributed by atoms with E-state index in [1.54, 1.807) is 48.1 Å². The summed E-state index contributed by atoms with van der Waals surface area (Å²) in [4.78, 5) is 8.55. The molecule has 0 radical (unpaired) electrons. The predicted molar refractivity (Wildman–Crippen MR) is 107 cm³/mol. The number of methoxy groups -OCH3 is 1. The van der Waals surface area contributed by atoms with Gasteiger partial charge in [-0.2, -0.15) is 0 Å². The summed E-state index contributed by atoms with van der Waals surface area (Å²) in [5.41, 5.74) is 2.02. The third-order valence-corrected chi connectivity index (χ3v) is 6.91. The molecule has 2 aromatic carbocycles. The molecule has 5 nitrogen and oxygen atoms in total. The van der Waals surface area contributed by atoms with Crippen molar-refractivity contribution in [2.75, 3.05) is 7.11 Å². The van der Waals surface area contributed by atoms with Crippen molar-refractivity contribution in [3.05, 3.63) is 71.1 Å². The summed E-state index contributed by atoms with van der Waals surface area (Å²) in [7, 11) is -2.06. The molecule has 0 aliphatic rings. The van der Waals surface area contributed by atoms with Gasteiger partial charge in [0.2, 0.25) is 0 Å². The van der Waals surface area contributed by atoms with Crippen LogP contribution in [-0.4, -0.2) is 25.5 Å². The zero-order valence-electron chi connectivity index (χ0n) is 14.8. The monoisotopic (exact) mass is 414 g/mol. The Hall–Kier alpha value is -2.84. The molecule has 28 heavy (non-hydrogen) atoms. The smallest absolute Gasteiger partial charge is 0.184 e. The molecule has 0 bridgehead atoms. The van der Waals surface area contributed by atoms with Gasteiger partial charge in [-0.15, -0.1) is 11.3 Å². The number of hydrogen-bond donors (Lipinski definition) is 0. The summed E-state index contributed by atoms with van der Waals surface area (Å²) in [5.74, 6) is -0.149. The van der Waals surface area contributed by atoms with Crippen molar-refractivity contribution in [3.8, 4) is 16.9 Å². The van der Waals surface area contributed by atoms with E-state index in [-0.39, 0.29) is 10.6 Å². The van der Waals surface area contributed by atoms with Gasteiger partial charge in [0.25, 0.3) is 0 Å². The van der Waals surface area contributed by atoms with Gasteiger partial charge >= 0.3 is 0 Å². The second-order valence-corrected chi connectivity index (χ2v) is 9.04. The Morgan fingerprint density at radius 3 is 2.64 bits per heavy atom. The third kappa shape index (κ3) is 3.48. The summed E-state index contributed by atoms with van der Waals surface area (Å²) in [5, 5.41) is 3.04. The van der Waals surface area contributed by atoms with E-state index < -0.39 is 15.7 Å². The molecule has 0 aliphatic carbocycles. The maximum absolute atomic E-state index is 13.5. The molecule has 0 aliphatic heterocycles. The van der Waals surface area contributed by atoms with Gasteiger partial charge in [0, 0.05) is 34.8 Å². The Bertz CT molecular complexity index is 1260. The quantitative estimate of drug-likeness (QED) is 0.482. The number of rotatable bonds is 5. The van der Waals surface area contributed by atoms with Crippen molar-refractivity contribution in [1.29, 1.82) is 0 Å². The Morgan fingerprint density at radius 1 is 1.04 bits per heavy atom. The highest BCUT2D eigenvalue weighted by molar-refractivity contribution is 7.90. The van der Waals surface area contributed by atoms with Crippen LogP contribution in [0.3, 0.4) is 0 Å². The number of sulfone groups is 1. The molecule has 0 atom stereocenters. The lowest BCUT2D eigenvalue weighted by Gasteiger charge is -2.12. The number of benzene rings is 2. The second-order valence-electron chi connectivity index (χ2n) is 6.07. The highest BCUT2D eigenvalue weighted by atomic mass is 32.2. The molecule has 4 rings (SSSR count). The zero-order valence-corrected chi connectivity index (χ0v) is 16.4. The lowest BCUT2D eigenvalue weighted by atomic mass is 10.0. The van der Waals surface area contributed by atoms with Gasteiger partial charge in [-0.3, -0.25) is 4.98 Å². The fourth-order valence-electron chi connectivity index (χ4n) is 3.01. The second kappa shape index (κ2) is 7.29. The van der Waals surface area contributed by atoms with Crippen LogP contribution >= 0.6 is 11.3 Å². The fourth-order valence-corrected chi connectivity index (χ4v) is 5.28. The Labute approximate surface area is 165 Å². The number of hydrogen-bond acceptors (Lipinski definition) is 6. The van der Waals surface area contributed by atoms with E-state index >= 15 is 0 Å². The molecule has 0 spiro atoms. The average molecular weight is 414 g/mol. The Kier molecular flexibility index (Phi) is 4.82. The van der Waals surface area contributed by atoms with E-state index in [0.29, 0.717) is 21.8 Å². The largest absolute Gasteiger partial charge is 0.496 e. The van der Waals surface area contributed by atoms with Gasteiger partial charge in [0.05, 0.1) is 17.5 Å². The molecule has 0 unspecified atom stereocenters. The van der Waals surface area contributed by atoms with Crippen LogP contribution in [0, 0.1) is 5.82 Å². The predicted octanol–water partition coefficient (Wildman–Crippen LogP) is 4.48. The molecular formula is C20H15FN2O3S2. The molecule has 0 saturated heterocycles. The van der Waals surface area contributed by atoms with Crippen molar-refractivity contribution in [2.24, 2.45) is 0 Å². The van der Waals surface area contributed by atoms with E-state index in [2.05, 4.69) is 9.97 Å². The van der Waals surface area contributed by atoms with E-state index in [1.165, 1.54) is 30.6 Å². The topological polar surface area (TPSA) is 69.2 Å². The molecule has 142 valence electrons. The number of nitrogens with zero attached hydrogens (tertiary/aromatic N) is 2. The number of ether oxygens (including phenoxy) is 1. The van der Waals surface area contributed by atoms with Crippen LogP contribution in [0.25, 0.3) is 22.0 Å². The van der Waals surface area contributed by atoms with Gasteiger partial charge in [0.1, 0.15) is 22.3 Å². The first kappa shape index (κ1) is 18.5. The van der Waals surface area contributed by atoms with Gasteiger partial charge in [-0.1, -0.05) is 6.07 Å². The fraction of sp³-hybridized carbons (Fsp3) is 0.100. The number of thiazole rings is 1. The third-order valence-electron chi connectivity index (χ3n) is 4.32. The normalized spacial score (nSPS) is 11.6. The van der Waals surface area contributed by atoms with E-state index in [9.17, 15) is 12.8 Å². The lowest BCUT2D eigenvalue weighted by molar-refractivity contribution is 0.413. The summed E-state index contributed by atoms with van der Waals surface area (Å²) >= 11 is 1.30. The van der Waals surface area contributed by atoms with Gasteiger partial charge in [-0.05, 0) is 35.9 Å². The maximum Gasteiger partial charge on any atom is 0.184 e. The Morgan fingerprint density at radius 2 is 1.89 bits per heavy atom.